The van der Waals surface area contributed by atoms with E-state index in [2.05, 4.69) is 0 Å². The molecular formula is C6H15BO4. The monoisotopic (exact) mass is 162 g/mol. The zero-order chi connectivity index (χ0) is 8.36. The molecule has 0 radical (unpaired) electrons. The van der Waals surface area contributed by atoms with Gasteiger partial charge in [0, 0.05) is 26.4 Å². The van der Waals surface area contributed by atoms with Crippen LogP contribution in [-0.2, 0) is 9.31 Å². The van der Waals surface area contributed by atoms with Crippen LogP contribution in [0.2, 0.25) is 0 Å². The van der Waals surface area contributed by atoms with Crippen molar-refractivity contribution < 1.29 is 19.5 Å². The van der Waals surface area contributed by atoms with Crippen LogP contribution in [0.15, 0.2) is 0 Å². The van der Waals surface area contributed by atoms with Crippen molar-refractivity contribution >= 4 is 7.69 Å². The van der Waals surface area contributed by atoms with Crippen molar-refractivity contribution in [2.75, 3.05) is 26.4 Å². The van der Waals surface area contributed by atoms with E-state index < -0.39 is 0 Å². The van der Waals surface area contributed by atoms with Crippen molar-refractivity contribution in [3.63, 3.8) is 0 Å². The summed E-state index contributed by atoms with van der Waals surface area (Å²) in [6.45, 7) is 1.35. The second-order valence-corrected chi connectivity index (χ2v) is 2.09. The smallest absolute Gasteiger partial charge is 0.414 e. The summed E-state index contributed by atoms with van der Waals surface area (Å²) in [5, 5.41) is 16.7. The van der Waals surface area contributed by atoms with Crippen molar-refractivity contribution in [1.29, 1.82) is 0 Å². The number of hydrogen-bond acceptors (Lipinski definition) is 4. The minimum atomic E-state index is 0.149. The van der Waals surface area contributed by atoms with E-state index in [4.69, 9.17) is 19.5 Å². The lowest BCUT2D eigenvalue weighted by Gasteiger charge is -2.01. The summed E-state index contributed by atoms with van der Waals surface area (Å²) < 4.78 is 9.91. The highest BCUT2D eigenvalue weighted by Crippen LogP contribution is 1.82. The van der Waals surface area contributed by atoms with Crippen molar-refractivity contribution in [3.05, 3.63) is 0 Å². The summed E-state index contributed by atoms with van der Waals surface area (Å²) in [6.07, 6.45) is 1.28. The van der Waals surface area contributed by atoms with Crippen LogP contribution in [0.1, 0.15) is 12.8 Å². The summed E-state index contributed by atoms with van der Waals surface area (Å²) in [5.41, 5.74) is 0. The molecule has 0 saturated carbocycles. The number of rotatable bonds is 8. The van der Waals surface area contributed by atoms with Crippen molar-refractivity contribution in [1.82, 2.24) is 0 Å². The third-order valence-electron chi connectivity index (χ3n) is 1.06. The Hall–Kier alpha value is -0.0951. The Labute approximate surface area is 67.4 Å². The molecule has 0 unspecified atom stereocenters. The summed E-state index contributed by atoms with van der Waals surface area (Å²) in [5.74, 6) is 0. The first-order valence-electron chi connectivity index (χ1n) is 3.79. The molecule has 0 bridgehead atoms. The van der Waals surface area contributed by atoms with Gasteiger partial charge in [0.05, 0.1) is 0 Å². The van der Waals surface area contributed by atoms with Gasteiger partial charge in [0.15, 0.2) is 0 Å². The van der Waals surface area contributed by atoms with Gasteiger partial charge in [-0.2, -0.15) is 0 Å². The van der Waals surface area contributed by atoms with E-state index in [1.165, 1.54) is 0 Å². The fourth-order valence-corrected chi connectivity index (χ4v) is 0.510. The van der Waals surface area contributed by atoms with Crippen LogP contribution < -0.4 is 0 Å². The molecule has 0 aromatic heterocycles. The van der Waals surface area contributed by atoms with Crippen LogP contribution in [0.4, 0.5) is 0 Å². The summed E-state index contributed by atoms with van der Waals surface area (Å²) in [7, 11) is 0.250. The molecule has 0 saturated heterocycles. The van der Waals surface area contributed by atoms with Gasteiger partial charge in [-0.15, -0.1) is 0 Å². The van der Waals surface area contributed by atoms with Crippen LogP contribution in [0.5, 0.6) is 0 Å². The third-order valence-corrected chi connectivity index (χ3v) is 1.06. The largest absolute Gasteiger partial charge is 0.438 e. The van der Waals surface area contributed by atoms with Gasteiger partial charge in [-0.05, 0) is 12.8 Å². The molecule has 2 N–H and O–H groups in total. The fraction of sp³-hybridized carbons (Fsp3) is 1.00. The molecule has 0 aromatic rings. The second-order valence-electron chi connectivity index (χ2n) is 2.09. The van der Waals surface area contributed by atoms with E-state index in [1.54, 1.807) is 0 Å². The number of aliphatic hydroxyl groups is 2. The van der Waals surface area contributed by atoms with E-state index in [9.17, 15) is 0 Å². The van der Waals surface area contributed by atoms with Crippen molar-refractivity contribution in [2.45, 2.75) is 12.8 Å². The zero-order valence-corrected chi connectivity index (χ0v) is 6.66. The van der Waals surface area contributed by atoms with E-state index in [1.807, 2.05) is 0 Å². The number of hydrogen-bond donors (Lipinski definition) is 2. The normalized spacial score (nSPS) is 10.0. The molecule has 0 heterocycles. The molecule has 0 amide bonds. The molecule has 0 aliphatic heterocycles. The first-order valence-corrected chi connectivity index (χ1v) is 3.79. The maximum absolute atomic E-state index is 8.35. The van der Waals surface area contributed by atoms with E-state index >= 15 is 0 Å². The van der Waals surface area contributed by atoms with Gasteiger partial charge in [0.2, 0.25) is 0 Å². The minimum Gasteiger partial charge on any atom is -0.414 e. The summed E-state index contributed by atoms with van der Waals surface area (Å²) in [4.78, 5) is 0. The average Bonchev–Trinajstić information content (AvgIpc) is 2.03. The molecule has 0 aliphatic carbocycles. The lowest BCUT2D eigenvalue weighted by atomic mass is 10.3. The van der Waals surface area contributed by atoms with Crippen LogP contribution in [0.3, 0.4) is 0 Å². The zero-order valence-electron chi connectivity index (χ0n) is 6.66. The Morgan fingerprint density at radius 3 is 1.73 bits per heavy atom. The maximum Gasteiger partial charge on any atom is 0.438 e. The predicted octanol–water partition coefficient (Wildman–Crippen LogP) is -0.949. The van der Waals surface area contributed by atoms with Crippen LogP contribution >= 0.6 is 0 Å². The van der Waals surface area contributed by atoms with Gasteiger partial charge in [0.1, 0.15) is 0 Å². The van der Waals surface area contributed by atoms with Crippen molar-refractivity contribution in [2.24, 2.45) is 0 Å². The highest BCUT2D eigenvalue weighted by Gasteiger charge is 1.91. The average molecular weight is 162 g/mol. The summed E-state index contributed by atoms with van der Waals surface area (Å²) >= 11 is 0. The lowest BCUT2D eigenvalue weighted by molar-refractivity contribution is 0.181. The lowest BCUT2D eigenvalue weighted by Crippen LogP contribution is -2.08. The van der Waals surface area contributed by atoms with Gasteiger partial charge in [0.25, 0.3) is 0 Å². The molecule has 0 atom stereocenters. The first kappa shape index (κ1) is 10.9. The predicted molar refractivity (Wildman–Crippen MR) is 42.5 cm³/mol. The Bertz CT molecular complexity index is 63.6. The first-order chi connectivity index (χ1) is 5.41. The standard InChI is InChI=1S/C6H15BO4/c8-3-1-5-10-7-11-6-2-4-9/h7-9H,1-6H2. The Morgan fingerprint density at radius 2 is 1.36 bits per heavy atom. The van der Waals surface area contributed by atoms with E-state index in [0.29, 0.717) is 26.1 Å². The number of aliphatic hydroxyl groups excluding tert-OH is 2. The highest BCUT2D eigenvalue weighted by atomic mass is 16.6. The molecule has 11 heavy (non-hydrogen) atoms. The molecule has 0 fully saturated rings. The van der Waals surface area contributed by atoms with Gasteiger partial charge >= 0.3 is 7.69 Å². The Balaban J connectivity index is 2.69. The SMILES string of the molecule is OCCCOBOCCCO. The van der Waals surface area contributed by atoms with Crippen molar-refractivity contribution in [3.8, 4) is 0 Å². The van der Waals surface area contributed by atoms with Gasteiger partial charge in [-0.1, -0.05) is 0 Å². The van der Waals surface area contributed by atoms with Crippen LogP contribution in [0, 0.1) is 0 Å². The highest BCUT2D eigenvalue weighted by molar-refractivity contribution is 6.17. The Morgan fingerprint density at radius 1 is 0.909 bits per heavy atom. The maximum atomic E-state index is 8.35. The molecule has 0 aromatic carbocycles. The minimum absolute atomic E-state index is 0.149. The van der Waals surface area contributed by atoms with E-state index in [-0.39, 0.29) is 20.9 Å². The molecular weight excluding hydrogens is 147 g/mol. The fourth-order valence-electron chi connectivity index (χ4n) is 0.510. The van der Waals surface area contributed by atoms with Gasteiger partial charge < -0.3 is 19.5 Å². The Kier molecular flexibility index (Phi) is 9.82. The molecule has 66 valence electrons. The third kappa shape index (κ3) is 9.90. The molecule has 5 heteroatoms. The molecule has 0 rings (SSSR count). The second kappa shape index (κ2) is 9.90. The molecule has 4 nitrogen and oxygen atoms in total. The topological polar surface area (TPSA) is 58.9 Å². The van der Waals surface area contributed by atoms with Gasteiger partial charge in [-0.25, -0.2) is 0 Å². The molecule has 0 aliphatic rings. The van der Waals surface area contributed by atoms with Crippen LogP contribution in [0.25, 0.3) is 0 Å². The quantitative estimate of drug-likeness (QED) is 0.357. The van der Waals surface area contributed by atoms with Crippen LogP contribution in [-0.4, -0.2) is 44.3 Å². The summed E-state index contributed by atoms with van der Waals surface area (Å²) in [6, 6.07) is 0. The van der Waals surface area contributed by atoms with Gasteiger partial charge in [-0.3, -0.25) is 0 Å². The van der Waals surface area contributed by atoms with E-state index in [0.717, 1.165) is 0 Å². The molecule has 0 spiro atoms.